The van der Waals surface area contributed by atoms with Gasteiger partial charge in [-0.15, -0.1) is 0 Å². The lowest BCUT2D eigenvalue weighted by atomic mass is 10.1. The zero-order chi connectivity index (χ0) is 19.6. The maximum absolute atomic E-state index is 12.6. The predicted molar refractivity (Wildman–Crippen MR) is 108 cm³/mol. The minimum Gasteiger partial charge on any atom is -0.323 e. The number of rotatable bonds is 6. The van der Waals surface area contributed by atoms with Crippen molar-refractivity contribution in [1.29, 1.82) is 0 Å². The Morgan fingerprint density at radius 3 is 2.33 bits per heavy atom. The minimum atomic E-state index is -3.68. The van der Waals surface area contributed by atoms with Gasteiger partial charge in [0.15, 0.2) is 0 Å². The number of anilines is 2. The molecule has 144 valence electrons. The number of hydrogen-bond acceptors (Lipinski definition) is 3. The van der Waals surface area contributed by atoms with Crippen LogP contribution in [-0.4, -0.2) is 39.0 Å². The van der Waals surface area contributed by atoms with Crippen molar-refractivity contribution < 1.29 is 13.2 Å². The van der Waals surface area contributed by atoms with Crippen molar-refractivity contribution in [3.05, 3.63) is 53.6 Å². The van der Waals surface area contributed by atoms with E-state index in [1.165, 1.54) is 12.1 Å². The van der Waals surface area contributed by atoms with E-state index in [0.717, 1.165) is 24.1 Å². The largest absolute Gasteiger partial charge is 0.324 e. The first-order chi connectivity index (χ1) is 12.8. The van der Waals surface area contributed by atoms with Crippen LogP contribution in [0.2, 0.25) is 0 Å². The summed E-state index contributed by atoms with van der Waals surface area (Å²) in [7, 11) is -3.68. The maximum atomic E-state index is 12.6. The van der Waals surface area contributed by atoms with E-state index in [4.69, 9.17) is 0 Å². The van der Waals surface area contributed by atoms with E-state index in [-0.39, 0.29) is 10.9 Å². The van der Waals surface area contributed by atoms with Gasteiger partial charge in [-0.1, -0.05) is 13.0 Å². The first-order valence-corrected chi connectivity index (χ1v) is 10.6. The summed E-state index contributed by atoms with van der Waals surface area (Å²) in [6.45, 7) is 8.01. The first kappa shape index (κ1) is 19.2. The summed E-state index contributed by atoms with van der Waals surface area (Å²) in [6.07, 6.45) is 0.918. The molecule has 1 aliphatic heterocycles. The molecular weight excluding hydrogens is 362 g/mol. The third-order valence-corrected chi connectivity index (χ3v) is 6.20. The molecule has 0 aromatic heterocycles. The Hall–Kier alpha value is -2.54. The number of hydrogen-bond donors (Lipinski definition) is 1. The second kappa shape index (κ2) is 7.60. The summed E-state index contributed by atoms with van der Waals surface area (Å²) in [5.74, 6) is 0. The molecule has 0 saturated carbocycles. The number of sulfonamides is 1. The van der Waals surface area contributed by atoms with Crippen molar-refractivity contribution >= 4 is 27.4 Å². The standard InChI is InChI=1S/C20H25N3O3S/c1-4-11-22-12-13-23(20(22)24)18-7-9-19(10-8-18)27(25,26)21-17-6-5-15(2)16(3)14-17/h5-10,14,21H,4,11-13H2,1-3H3. The number of nitrogens with zero attached hydrogens (tertiary/aromatic N) is 2. The van der Waals surface area contributed by atoms with Crippen LogP contribution >= 0.6 is 0 Å². The molecular formula is C20H25N3O3S. The number of nitrogens with one attached hydrogen (secondary N) is 1. The third kappa shape index (κ3) is 4.08. The molecule has 3 rings (SSSR count). The number of carbonyl (C=O) groups excluding carboxylic acids is 1. The molecule has 0 aliphatic carbocycles. The van der Waals surface area contributed by atoms with Crippen LogP contribution in [-0.2, 0) is 10.0 Å². The van der Waals surface area contributed by atoms with Gasteiger partial charge in [0.1, 0.15) is 0 Å². The molecule has 0 unspecified atom stereocenters. The maximum Gasteiger partial charge on any atom is 0.324 e. The van der Waals surface area contributed by atoms with Crippen molar-refractivity contribution in [2.24, 2.45) is 0 Å². The van der Waals surface area contributed by atoms with Gasteiger partial charge in [-0.25, -0.2) is 13.2 Å². The molecule has 2 amide bonds. The topological polar surface area (TPSA) is 69.7 Å². The first-order valence-electron chi connectivity index (χ1n) is 9.08. The average Bonchev–Trinajstić information content (AvgIpc) is 2.99. The Morgan fingerprint density at radius 2 is 1.70 bits per heavy atom. The number of benzene rings is 2. The quantitative estimate of drug-likeness (QED) is 0.820. The SMILES string of the molecule is CCCN1CCN(c2ccc(S(=O)(=O)Nc3ccc(C)c(C)c3)cc2)C1=O. The van der Waals surface area contributed by atoms with Crippen LogP contribution in [0.15, 0.2) is 47.4 Å². The molecule has 0 bridgehead atoms. The molecule has 1 fully saturated rings. The van der Waals surface area contributed by atoms with Gasteiger partial charge < -0.3 is 4.90 Å². The Labute approximate surface area is 160 Å². The van der Waals surface area contributed by atoms with Crippen LogP contribution < -0.4 is 9.62 Å². The molecule has 1 N–H and O–H groups in total. The van der Waals surface area contributed by atoms with Gasteiger partial charge in [0.25, 0.3) is 10.0 Å². The molecule has 6 nitrogen and oxygen atoms in total. The lowest BCUT2D eigenvalue weighted by molar-refractivity contribution is 0.220. The smallest absolute Gasteiger partial charge is 0.323 e. The normalized spacial score (nSPS) is 14.7. The fraction of sp³-hybridized carbons (Fsp3) is 0.350. The summed E-state index contributed by atoms with van der Waals surface area (Å²) in [5.41, 5.74) is 3.38. The van der Waals surface area contributed by atoms with Gasteiger partial charge in [-0.3, -0.25) is 9.62 Å². The van der Waals surface area contributed by atoms with E-state index in [9.17, 15) is 13.2 Å². The molecule has 1 aliphatic rings. The highest BCUT2D eigenvalue weighted by Gasteiger charge is 2.29. The monoisotopic (exact) mass is 387 g/mol. The zero-order valence-corrected chi connectivity index (χ0v) is 16.7. The summed E-state index contributed by atoms with van der Waals surface area (Å²) in [4.78, 5) is 16.1. The number of aryl methyl sites for hydroxylation is 2. The predicted octanol–water partition coefficient (Wildman–Crippen LogP) is 3.76. The number of amides is 2. The lowest BCUT2D eigenvalue weighted by Gasteiger charge is -2.18. The van der Waals surface area contributed by atoms with E-state index in [0.29, 0.717) is 24.5 Å². The number of carbonyl (C=O) groups is 1. The van der Waals surface area contributed by atoms with Gasteiger partial charge >= 0.3 is 6.03 Å². The fourth-order valence-corrected chi connectivity index (χ4v) is 4.17. The van der Waals surface area contributed by atoms with Crippen molar-refractivity contribution in [1.82, 2.24) is 4.90 Å². The Morgan fingerprint density at radius 1 is 1.00 bits per heavy atom. The van der Waals surface area contributed by atoms with E-state index in [1.807, 2.05) is 37.8 Å². The van der Waals surface area contributed by atoms with E-state index >= 15 is 0 Å². The highest BCUT2D eigenvalue weighted by Crippen LogP contribution is 2.24. The second-order valence-electron chi connectivity index (χ2n) is 6.82. The molecule has 1 saturated heterocycles. The summed E-state index contributed by atoms with van der Waals surface area (Å²) in [6, 6.07) is 11.9. The van der Waals surface area contributed by atoms with Crippen molar-refractivity contribution in [3.8, 4) is 0 Å². The molecule has 2 aromatic rings. The van der Waals surface area contributed by atoms with Gasteiger partial charge in [0.05, 0.1) is 4.90 Å². The zero-order valence-electron chi connectivity index (χ0n) is 15.9. The van der Waals surface area contributed by atoms with Crippen molar-refractivity contribution in [3.63, 3.8) is 0 Å². The number of urea groups is 1. The molecule has 2 aromatic carbocycles. The average molecular weight is 388 g/mol. The van der Waals surface area contributed by atoms with Crippen LogP contribution in [0.25, 0.3) is 0 Å². The Balaban J connectivity index is 1.76. The molecule has 0 atom stereocenters. The Bertz CT molecular complexity index is 939. The van der Waals surface area contributed by atoms with E-state index < -0.39 is 10.0 Å². The second-order valence-corrected chi connectivity index (χ2v) is 8.50. The molecule has 0 radical (unpaired) electrons. The van der Waals surface area contributed by atoms with Crippen LogP contribution in [0.1, 0.15) is 24.5 Å². The fourth-order valence-electron chi connectivity index (χ4n) is 3.12. The third-order valence-electron chi connectivity index (χ3n) is 4.81. The van der Waals surface area contributed by atoms with Gasteiger partial charge in [0, 0.05) is 31.0 Å². The van der Waals surface area contributed by atoms with Gasteiger partial charge in [-0.2, -0.15) is 0 Å². The highest BCUT2D eigenvalue weighted by molar-refractivity contribution is 7.92. The van der Waals surface area contributed by atoms with Gasteiger partial charge in [-0.05, 0) is 67.8 Å². The Kier molecular flexibility index (Phi) is 5.41. The summed E-state index contributed by atoms with van der Waals surface area (Å²) >= 11 is 0. The molecule has 0 spiro atoms. The summed E-state index contributed by atoms with van der Waals surface area (Å²) < 4.78 is 27.9. The van der Waals surface area contributed by atoms with Crippen LogP contribution in [0.5, 0.6) is 0 Å². The van der Waals surface area contributed by atoms with E-state index in [2.05, 4.69) is 4.72 Å². The molecule has 27 heavy (non-hydrogen) atoms. The van der Waals surface area contributed by atoms with Crippen LogP contribution in [0, 0.1) is 13.8 Å². The molecule has 7 heteroatoms. The summed E-state index contributed by atoms with van der Waals surface area (Å²) in [5, 5.41) is 0. The van der Waals surface area contributed by atoms with Gasteiger partial charge in [0.2, 0.25) is 0 Å². The van der Waals surface area contributed by atoms with Crippen LogP contribution in [0.4, 0.5) is 16.2 Å². The minimum absolute atomic E-state index is 0.0271. The highest BCUT2D eigenvalue weighted by atomic mass is 32.2. The molecule has 1 heterocycles. The lowest BCUT2D eigenvalue weighted by Crippen LogP contribution is -2.32. The van der Waals surface area contributed by atoms with Crippen molar-refractivity contribution in [2.75, 3.05) is 29.3 Å². The van der Waals surface area contributed by atoms with Crippen LogP contribution in [0.3, 0.4) is 0 Å². The van der Waals surface area contributed by atoms with Crippen molar-refractivity contribution in [2.45, 2.75) is 32.1 Å². The van der Waals surface area contributed by atoms with E-state index in [1.54, 1.807) is 23.1 Å².